The minimum Gasteiger partial charge on any atom is -0.494 e. The van der Waals surface area contributed by atoms with Gasteiger partial charge in [-0.15, -0.1) is 0 Å². The van der Waals surface area contributed by atoms with Crippen molar-refractivity contribution >= 4 is 46.3 Å². The van der Waals surface area contributed by atoms with Crippen LogP contribution in [0, 0.1) is 5.82 Å². The molecule has 0 fully saturated rings. The number of halogens is 2. The summed E-state index contributed by atoms with van der Waals surface area (Å²) < 4.78 is 35.3. The number of hydrogen-bond acceptors (Lipinski definition) is 7. The second kappa shape index (κ2) is 12.8. The summed E-state index contributed by atoms with van der Waals surface area (Å²) >= 11 is 6.40. The standard InChI is InChI=1S/C28H25ClFN3O6/c1-3-36-21-9-10-23-18(13-21)14-25(39-23)28(35)33-31-15-17-11-22(29)27(24(12-17)37-4-2)38-16-26(34)32-20-7-5-19(30)6-8-20/h5-15H,3-4,16H2,1-2H3,(H,32,34)(H,33,35)/b31-15+. The van der Waals surface area contributed by atoms with Crippen molar-refractivity contribution in [1.82, 2.24) is 5.43 Å². The van der Waals surface area contributed by atoms with Crippen LogP contribution in [0.25, 0.3) is 11.0 Å². The predicted octanol–water partition coefficient (Wildman–Crippen LogP) is 5.80. The van der Waals surface area contributed by atoms with E-state index in [-0.39, 0.29) is 28.9 Å². The second-order valence-electron chi connectivity index (χ2n) is 8.05. The van der Waals surface area contributed by atoms with Crippen molar-refractivity contribution in [3.63, 3.8) is 0 Å². The van der Waals surface area contributed by atoms with Crippen molar-refractivity contribution in [2.24, 2.45) is 5.10 Å². The summed E-state index contributed by atoms with van der Waals surface area (Å²) in [5, 5.41) is 7.48. The van der Waals surface area contributed by atoms with Gasteiger partial charge in [-0.2, -0.15) is 5.10 Å². The lowest BCUT2D eigenvalue weighted by molar-refractivity contribution is -0.118. The maximum Gasteiger partial charge on any atom is 0.307 e. The van der Waals surface area contributed by atoms with E-state index >= 15 is 0 Å². The smallest absolute Gasteiger partial charge is 0.307 e. The van der Waals surface area contributed by atoms with Crippen molar-refractivity contribution in [2.75, 3.05) is 25.1 Å². The Kier molecular flexibility index (Phi) is 9.01. The molecule has 202 valence electrons. The Hall–Kier alpha value is -4.57. The highest BCUT2D eigenvalue weighted by atomic mass is 35.5. The molecule has 4 aromatic rings. The molecule has 9 nitrogen and oxygen atoms in total. The van der Waals surface area contributed by atoms with E-state index in [2.05, 4.69) is 15.8 Å². The fourth-order valence-corrected chi connectivity index (χ4v) is 3.82. The third kappa shape index (κ3) is 7.26. The molecule has 3 aromatic carbocycles. The summed E-state index contributed by atoms with van der Waals surface area (Å²) in [4.78, 5) is 24.8. The average molecular weight is 554 g/mol. The van der Waals surface area contributed by atoms with Gasteiger partial charge in [-0.25, -0.2) is 9.82 Å². The number of benzene rings is 3. The van der Waals surface area contributed by atoms with E-state index in [1.54, 1.807) is 43.3 Å². The van der Waals surface area contributed by atoms with Gasteiger partial charge < -0.3 is 23.9 Å². The lowest BCUT2D eigenvalue weighted by Gasteiger charge is -2.14. The van der Waals surface area contributed by atoms with Gasteiger partial charge in [-0.1, -0.05) is 11.6 Å². The molecule has 1 aromatic heterocycles. The van der Waals surface area contributed by atoms with E-state index in [0.717, 1.165) is 5.39 Å². The number of amides is 2. The zero-order chi connectivity index (χ0) is 27.8. The number of fused-ring (bicyclic) bond motifs is 1. The molecule has 39 heavy (non-hydrogen) atoms. The molecule has 0 saturated heterocycles. The number of anilines is 1. The maximum absolute atomic E-state index is 13.1. The zero-order valence-electron chi connectivity index (χ0n) is 21.1. The number of carbonyl (C=O) groups excluding carboxylic acids is 2. The van der Waals surface area contributed by atoms with Crippen molar-refractivity contribution < 1.29 is 32.6 Å². The van der Waals surface area contributed by atoms with Gasteiger partial charge >= 0.3 is 5.91 Å². The van der Waals surface area contributed by atoms with E-state index in [1.165, 1.54) is 30.5 Å². The summed E-state index contributed by atoms with van der Waals surface area (Å²) in [5.41, 5.74) is 3.89. The molecular formula is C28H25ClFN3O6. The number of nitrogens with one attached hydrogen (secondary N) is 2. The number of ether oxygens (including phenoxy) is 3. The normalized spacial score (nSPS) is 11.0. The van der Waals surface area contributed by atoms with E-state index in [0.29, 0.717) is 35.8 Å². The Labute approximate surface area is 228 Å². The molecule has 4 rings (SSSR count). The molecule has 0 bridgehead atoms. The van der Waals surface area contributed by atoms with Crippen LogP contribution in [0.5, 0.6) is 17.2 Å². The molecule has 0 aliphatic carbocycles. The van der Waals surface area contributed by atoms with Crippen molar-refractivity contribution in [1.29, 1.82) is 0 Å². The van der Waals surface area contributed by atoms with Crippen LogP contribution < -0.4 is 25.0 Å². The monoisotopic (exact) mass is 553 g/mol. The van der Waals surface area contributed by atoms with Crippen LogP contribution in [0.2, 0.25) is 5.02 Å². The van der Waals surface area contributed by atoms with Gasteiger partial charge in [0.15, 0.2) is 23.9 Å². The fourth-order valence-electron chi connectivity index (χ4n) is 3.54. The zero-order valence-corrected chi connectivity index (χ0v) is 21.9. The van der Waals surface area contributed by atoms with Crippen LogP contribution in [-0.2, 0) is 4.79 Å². The summed E-state index contributed by atoms with van der Waals surface area (Å²) in [6.07, 6.45) is 1.38. The molecule has 0 aliphatic rings. The Bertz CT molecular complexity index is 1500. The number of rotatable bonds is 11. The van der Waals surface area contributed by atoms with Gasteiger partial charge in [0, 0.05) is 11.1 Å². The lowest BCUT2D eigenvalue weighted by Crippen LogP contribution is -2.20. The van der Waals surface area contributed by atoms with Gasteiger partial charge in [0.1, 0.15) is 17.1 Å². The summed E-state index contributed by atoms with van der Waals surface area (Å²) in [6.45, 7) is 4.15. The van der Waals surface area contributed by atoms with Gasteiger partial charge in [0.2, 0.25) is 0 Å². The highest BCUT2D eigenvalue weighted by molar-refractivity contribution is 6.32. The van der Waals surface area contributed by atoms with Crippen LogP contribution in [0.4, 0.5) is 10.1 Å². The fraction of sp³-hybridized carbons (Fsp3) is 0.179. The number of carbonyl (C=O) groups is 2. The lowest BCUT2D eigenvalue weighted by atomic mass is 10.2. The van der Waals surface area contributed by atoms with E-state index in [1.807, 2.05) is 6.92 Å². The van der Waals surface area contributed by atoms with E-state index in [9.17, 15) is 14.0 Å². The van der Waals surface area contributed by atoms with Gasteiger partial charge in [0.05, 0.1) is 24.5 Å². The van der Waals surface area contributed by atoms with Gasteiger partial charge in [-0.05, 0) is 80.1 Å². The van der Waals surface area contributed by atoms with E-state index in [4.69, 9.17) is 30.2 Å². The van der Waals surface area contributed by atoms with Gasteiger partial charge in [-0.3, -0.25) is 9.59 Å². The summed E-state index contributed by atoms with van der Waals surface area (Å²) in [7, 11) is 0. The molecule has 0 saturated carbocycles. The number of hydrogen-bond donors (Lipinski definition) is 2. The van der Waals surface area contributed by atoms with Crippen LogP contribution in [0.1, 0.15) is 30.0 Å². The highest BCUT2D eigenvalue weighted by Crippen LogP contribution is 2.36. The van der Waals surface area contributed by atoms with Crippen LogP contribution in [0.15, 0.2) is 70.2 Å². The first kappa shape index (κ1) is 27.5. The Morgan fingerprint density at radius 2 is 1.77 bits per heavy atom. The van der Waals surface area contributed by atoms with Crippen molar-refractivity contribution in [2.45, 2.75) is 13.8 Å². The summed E-state index contributed by atoms with van der Waals surface area (Å²) in [6, 6.07) is 15.4. The van der Waals surface area contributed by atoms with Crippen LogP contribution in [-0.4, -0.2) is 37.8 Å². The molecule has 0 radical (unpaired) electrons. The topological polar surface area (TPSA) is 111 Å². The predicted molar refractivity (Wildman–Crippen MR) is 146 cm³/mol. The molecular weight excluding hydrogens is 529 g/mol. The number of nitrogens with zero attached hydrogens (tertiary/aromatic N) is 1. The molecule has 0 spiro atoms. The third-order valence-corrected chi connectivity index (χ3v) is 5.49. The van der Waals surface area contributed by atoms with Crippen molar-refractivity contribution in [3.05, 3.63) is 82.8 Å². The Morgan fingerprint density at radius 3 is 2.51 bits per heavy atom. The number of furan rings is 1. The Balaban J connectivity index is 1.40. The molecule has 2 amide bonds. The molecule has 1 heterocycles. The largest absolute Gasteiger partial charge is 0.494 e. The van der Waals surface area contributed by atoms with Gasteiger partial charge in [0.25, 0.3) is 5.91 Å². The average Bonchev–Trinajstić information content (AvgIpc) is 3.34. The molecule has 11 heteroatoms. The van der Waals surface area contributed by atoms with Crippen LogP contribution in [0.3, 0.4) is 0 Å². The first-order valence-electron chi connectivity index (χ1n) is 12.0. The quantitative estimate of drug-likeness (QED) is 0.179. The van der Waals surface area contributed by atoms with E-state index < -0.39 is 17.6 Å². The van der Waals surface area contributed by atoms with Crippen molar-refractivity contribution in [3.8, 4) is 17.2 Å². The maximum atomic E-state index is 13.1. The second-order valence-corrected chi connectivity index (χ2v) is 8.46. The SMILES string of the molecule is CCOc1ccc2oc(C(=O)N/N=C/c3cc(Cl)c(OCC(=O)Nc4ccc(F)cc4)c(OCC)c3)cc2c1. The highest BCUT2D eigenvalue weighted by Gasteiger charge is 2.15. The molecule has 0 unspecified atom stereocenters. The summed E-state index contributed by atoms with van der Waals surface area (Å²) in [5.74, 6) is -0.189. The Morgan fingerprint density at radius 1 is 1.00 bits per heavy atom. The minimum absolute atomic E-state index is 0.0894. The first-order valence-corrected chi connectivity index (χ1v) is 12.4. The van der Waals surface area contributed by atoms with Crippen LogP contribution >= 0.6 is 11.6 Å². The molecule has 0 aliphatic heterocycles. The third-order valence-electron chi connectivity index (χ3n) is 5.21. The number of hydrazone groups is 1. The first-order chi connectivity index (χ1) is 18.9. The molecule has 2 N–H and O–H groups in total. The molecule has 0 atom stereocenters. The minimum atomic E-state index is -0.538.